The molecule has 0 heterocycles. The van der Waals surface area contributed by atoms with Crippen LogP contribution in [0.4, 0.5) is 0 Å². The molecule has 1 amide bonds. The van der Waals surface area contributed by atoms with Crippen molar-refractivity contribution >= 4 is 11.9 Å². The van der Waals surface area contributed by atoms with Crippen LogP contribution in [0.15, 0.2) is 24.3 Å². The lowest BCUT2D eigenvalue weighted by atomic mass is 10.0. The minimum absolute atomic E-state index is 0.0198. The van der Waals surface area contributed by atoms with Crippen molar-refractivity contribution in [2.45, 2.75) is 520 Å². The van der Waals surface area contributed by atoms with Crippen LogP contribution in [-0.2, 0) is 14.3 Å². The number of carbonyl (C=O) groups excluding carboxylic acids is 2. The van der Waals surface area contributed by atoms with Gasteiger partial charge in [-0.25, -0.2) is 0 Å². The number of nitrogens with one attached hydrogen (secondary N) is 1. The molecule has 2 atom stereocenters. The molecule has 0 aromatic rings. The number of carbonyl (C=O) groups is 2. The van der Waals surface area contributed by atoms with Gasteiger partial charge in [0.05, 0.1) is 25.4 Å². The molecule has 6 nitrogen and oxygen atoms in total. The van der Waals surface area contributed by atoms with Gasteiger partial charge in [0.25, 0.3) is 0 Å². The highest BCUT2D eigenvalue weighted by Crippen LogP contribution is 2.21. The van der Waals surface area contributed by atoms with Crippen molar-refractivity contribution in [3.05, 3.63) is 24.3 Å². The summed E-state index contributed by atoms with van der Waals surface area (Å²) in [5, 5.41) is 23.5. The van der Waals surface area contributed by atoms with Gasteiger partial charge < -0.3 is 20.3 Å². The summed E-state index contributed by atoms with van der Waals surface area (Å²) in [5.41, 5.74) is 0. The van der Waals surface area contributed by atoms with Crippen LogP contribution < -0.4 is 5.32 Å². The first-order valence-electron chi connectivity index (χ1n) is 44.1. The average Bonchev–Trinajstić information content (AvgIpc) is 3.03. The first kappa shape index (κ1) is 93.3. The second-order valence-corrected chi connectivity index (χ2v) is 30.6. The van der Waals surface area contributed by atoms with Crippen molar-refractivity contribution in [3.8, 4) is 0 Å². The van der Waals surface area contributed by atoms with E-state index in [1.54, 1.807) is 0 Å². The van der Waals surface area contributed by atoms with Crippen molar-refractivity contribution in [2.24, 2.45) is 0 Å². The van der Waals surface area contributed by atoms with E-state index >= 15 is 0 Å². The topological polar surface area (TPSA) is 95.9 Å². The van der Waals surface area contributed by atoms with Crippen LogP contribution in [0.25, 0.3) is 0 Å². The van der Waals surface area contributed by atoms with E-state index in [1.807, 2.05) is 0 Å². The van der Waals surface area contributed by atoms with Gasteiger partial charge in [0.15, 0.2) is 0 Å². The van der Waals surface area contributed by atoms with E-state index in [1.165, 1.54) is 437 Å². The number of allylic oxidation sites excluding steroid dienone is 4. The lowest BCUT2D eigenvalue weighted by Gasteiger charge is -2.22. The molecule has 0 rings (SSSR count). The molecule has 0 spiro atoms. The van der Waals surface area contributed by atoms with Gasteiger partial charge in [-0.1, -0.05) is 443 Å². The van der Waals surface area contributed by atoms with Crippen LogP contribution in [-0.4, -0.2) is 47.4 Å². The van der Waals surface area contributed by atoms with E-state index in [2.05, 4.69) is 43.5 Å². The number of unbranched alkanes of at least 4 members (excludes halogenated alkanes) is 69. The number of rotatable bonds is 84. The number of aliphatic hydroxyl groups is 2. The van der Waals surface area contributed by atoms with Gasteiger partial charge in [-0.05, 0) is 77.0 Å². The molecule has 0 radical (unpaired) electrons. The van der Waals surface area contributed by atoms with E-state index in [-0.39, 0.29) is 18.5 Å². The number of ether oxygens (including phenoxy) is 1. The molecule has 0 aromatic heterocycles. The van der Waals surface area contributed by atoms with Gasteiger partial charge in [0.1, 0.15) is 0 Å². The number of amides is 1. The molecule has 0 aliphatic carbocycles. The summed E-state index contributed by atoms with van der Waals surface area (Å²) in [7, 11) is 0. The van der Waals surface area contributed by atoms with Crippen LogP contribution in [0.3, 0.4) is 0 Å². The van der Waals surface area contributed by atoms with Gasteiger partial charge in [-0.15, -0.1) is 0 Å². The molecule has 6 heteroatoms. The summed E-state index contributed by atoms with van der Waals surface area (Å²) in [5.74, 6) is -0.00492. The zero-order chi connectivity index (χ0) is 68.4. The van der Waals surface area contributed by atoms with Crippen molar-refractivity contribution in [1.82, 2.24) is 5.32 Å². The third kappa shape index (κ3) is 81.2. The molecular formula is C89H173NO5. The Bertz CT molecular complexity index is 1500. The molecule has 3 N–H and O–H groups in total. The smallest absolute Gasteiger partial charge is 0.305 e. The minimum Gasteiger partial charge on any atom is -0.466 e. The summed E-state index contributed by atoms with van der Waals surface area (Å²) >= 11 is 0. The molecule has 0 saturated carbocycles. The lowest BCUT2D eigenvalue weighted by Crippen LogP contribution is -2.45. The Morgan fingerprint density at radius 1 is 0.284 bits per heavy atom. The van der Waals surface area contributed by atoms with Crippen LogP contribution in [0, 0.1) is 0 Å². The van der Waals surface area contributed by atoms with Gasteiger partial charge in [-0.3, -0.25) is 9.59 Å². The summed E-state index contributed by atoms with van der Waals surface area (Å²) in [6.45, 7) is 5.01. The first-order chi connectivity index (χ1) is 47.0. The maximum absolute atomic E-state index is 12.6. The van der Waals surface area contributed by atoms with Gasteiger partial charge in [0, 0.05) is 12.8 Å². The number of esters is 1. The zero-order valence-electron chi connectivity index (χ0n) is 64.9. The Kier molecular flexibility index (Phi) is 83.3. The molecule has 0 saturated heterocycles. The summed E-state index contributed by atoms with van der Waals surface area (Å²) in [6.07, 6.45) is 110. The second-order valence-electron chi connectivity index (χ2n) is 30.6. The van der Waals surface area contributed by atoms with Gasteiger partial charge >= 0.3 is 5.97 Å². The molecule has 2 unspecified atom stereocenters. The normalized spacial score (nSPS) is 12.5. The fraction of sp³-hybridized carbons (Fsp3) is 0.933. The molecule has 0 fully saturated rings. The molecule has 564 valence electrons. The first-order valence-corrected chi connectivity index (χ1v) is 44.1. The van der Waals surface area contributed by atoms with E-state index < -0.39 is 12.1 Å². The highest BCUT2D eigenvalue weighted by atomic mass is 16.5. The van der Waals surface area contributed by atoms with E-state index in [0.717, 1.165) is 38.5 Å². The molecule has 0 aromatic carbocycles. The number of hydrogen-bond donors (Lipinski definition) is 3. The number of aliphatic hydroxyl groups excluding tert-OH is 2. The van der Waals surface area contributed by atoms with Crippen LogP contribution in [0.2, 0.25) is 0 Å². The van der Waals surface area contributed by atoms with Crippen LogP contribution in [0.1, 0.15) is 508 Å². The average molecular weight is 1340 g/mol. The van der Waals surface area contributed by atoms with Crippen molar-refractivity contribution < 1.29 is 24.5 Å². The highest BCUT2D eigenvalue weighted by molar-refractivity contribution is 5.76. The molecular weight excluding hydrogens is 1160 g/mol. The zero-order valence-corrected chi connectivity index (χ0v) is 64.9. The predicted octanol–water partition coefficient (Wildman–Crippen LogP) is 29.6. The van der Waals surface area contributed by atoms with Gasteiger partial charge in [0.2, 0.25) is 5.91 Å². The van der Waals surface area contributed by atoms with Gasteiger partial charge in [-0.2, -0.15) is 0 Å². The maximum atomic E-state index is 12.6. The lowest BCUT2D eigenvalue weighted by molar-refractivity contribution is -0.143. The fourth-order valence-corrected chi connectivity index (χ4v) is 14.3. The highest BCUT2D eigenvalue weighted by Gasteiger charge is 2.20. The minimum atomic E-state index is -0.663. The monoisotopic (exact) mass is 1340 g/mol. The Morgan fingerprint density at radius 2 is 0.495 bits per heavy atom. The quantitative estimate of drug-likeness (QED) is 0.0320. The Labute approximate surface area is 596 Å². The number of hydrogen-bond acceptors (Lipinski definition) is 5. The summed E-state index contributed by atoms with van der Waals surface area (Å²) < 4.78 is 5.52. The van der Waals surface area contributed by atoms with Crippen molar-refractivity contribution in [1.29, 1.82) is 0 Å². The molecule has 0 aliphatic rings. The Hall–Kier alpha value is -1.66. The predicted molar refractivity (Wildman–Crippen MR) is 421 cm³/mol. The maximum Gasteiger partial charge on any atom is 0.305 e. The van der Waals surface area contributed by atoms with Crippen molar-refractivity contribution in [3.63, 3.8) is 0 Å². The third-order valence-electron chi connectivity index (χ3n) is 21.0. The molecule has 0 aliphatic heterocycles. The molecule has 95 heavy (non-hydrogen) atoms. The van der Waals surface area contributed by atoms with Crippen molar-refractivity contribution in [2.75, 3.05) is 13.2 Å². The summed E-state index contributed by atoms with van der Waals surface area (Å²) in [4.78, 5) is 24.7. The Balaban J connectivity index is 3.33. The standard InChI is InChI=1S/C89H173NO5/c1-3-5-7-9-11-13-15-17-19-21-23-24-40-43-46-49-53-57-61-65-69-73-77-81-87(92)86(85-91)90-88(93)82-78-74-70-66-62-58-54-50-47-44-41-38-36-34-32-30-28-26-25-27-29-31-33-35-37-39-42-45-48-52-56-60-64-68-72-76-80-84-95-89(94)83-79-75-71-67-63-59-55-51-22-20-18-16-14-12-10-8-6-4-2/h20,22,25,27,86-87,91-92H,3-19,21,23-24,26,28-85H2,1-2H3,(H,90,93)/b22-20-,27-25-. The second kappa shape index (κ2) is 84.8. The molecule has 0 bridgehead atoms. The van der Waals surface area contributed by atoms with E-state index in [4.69, 9.17) is 4.74 Å². The fourth-order valence-electron chi connectivity index (χ4n) is 14.3. The largest absolute Gasteiger partial charge is 0.466 e. The van der Waals surface area contributed by atoms with Crippen LogP contribution in [0.5, 0.6) is 0 Å². The SMILES string of the molecule is CCCCCCCCC/C=C\CCCCCCCCCC(=O)OCCCCCCCCCCCCCCCCCC/C=C\CCCCCCCCCCCCCCCCCCCC(=O)NC(CO)C(O)CCCCCCCCCCCCCCCCCCCCCCCCC. The third-order valence-corrected chi connectivity index (χ3v) is 21.0. The van der Waals surface area contributed by atoms with E-state index in [0.29, 0.717) is 25.9 Å². The summed E-state index contributed by atoms with van der Waals surface area (Å²) in [6, 6.07) is -0.540. The van der Waals surface area contributed by atoms with Crippen LogP contribution >= 0.6 is 0 Å². The Morgan fingerprint density at radius 3 is 0.747 bits per heavy atom. The van der Waals surface area contributed by atoms with E-state index in [9.17, 15) is 19.8 Å².